The molecule has 0 radical (unpaired) electrons. The summed E-state index contributed by atoms with van der Waals surface area (Å²) < 4.78 is 0. The summed E-state index contributed by atoms with van der Waals surface area (Å²) in [6.07, 6.45) is 8.40. The largest absolute Gasteiger partial charge is 0.355 e. The van der Waals surface area contributed by atoms with Crippen molar-refractivity contribution in [2.75, 3.05) is 18.0 Å². The predicted octanol–water partition coefficient (Wildman–Crippen LogP) is 3.00. The number of carbonyl (C=O) groups is 1. The van der Waals surface area contributed by atoms with E-state index in [0.717, 1.165) is 61.9 Å². The number of anilines is 1. The van der Waals surface area contributed by atoms with Crippen LogP contribution in [-0.4, -0.2) is 35.0 Å². The quantitative estimate of drug-likeness (QED) is 0.925. The van der Waals surface area contributed by atoms with Crippen molar-refractivity contribution < 1.29 is 4.79 Å². The third-order valence-corrected chi connectivity index (χ3v) is 5.58. The Bertz CT molecular complexity index is 573. The minimum Gasteiger partial charge on any atom is -0.355 e. The summed E-state index contributed by atoms with van der Waals surface area (Å²) in [4.78, 5) is 23.9. The van der Waals surface area contributed by atoms with E-state index in [1.807, 2.05) is 20.0 Å². The molecule has 0 spiro atoms. The van der Waals surface area contributed by atoms with Crippen molar-refractivity contribution in [3.63, 3.8) is 0 Å². The first-order chi connectivity index (χ1) is 11.5. The molecule has 5 heteroatoms. The number of amides is 1. The van der Waals surface area contributed by atoms with Gasteiger partial charge in [0, 0.05) is 31.2 Å². The summed E-state index contributed by atoms with van der Waals surface area (Å²) in [5, 5.41) is 3.30. The molecule has 2 fully saturated rings. The molecule has 2 heterocycles. The van der Waals surface area contributed by atoms with Gasteiger partial charge in [-0.2, -0.15) is 0 Å². The van der Waals surface area contributed by atoms with E-state index in [2.05, 4.69) is 27.1 Å². The Labute approximate surface area is 145 Å². The fourth-order valence-electron chi connectivity index (χ4n) is 3.90. The molecule has 1 N–H and O–H groups in total. The maximum Gasteiger partial charge on any atom is 0.223 e. The summed E-state index contributed by atoms with van der Waals surface area (Å²) in [7, 11) is 0. The molecule has 0 atom stereocenters. The van der Waals surface area contributed by atoms with Gasteiger partial charge in [-0.3, -0.25) is 9.78 Å². The van der Waals surface area contributed by atoms with E-state index >= 15 is 0 Å². The Balaban J connectivity index is 1.51. The molecular formula is C19H30N4O. The lowest BCUT2D eigenvalue weighted by Crippen LogP contribution is -2.45. The highest BCUT2D eigenvalue weighted by Crippen LogP contribution is 2.26. The molecule has 1 aliphatic carbocycles. The fraction of sp³-hybridized carbons (Fsp3) is 0.737. The first-order valence-corrected chi connectivity index (χ1v) is 9.38. The molecule has 5 nitrogen and oxygen atoms in total. The molecule has 3 rings (SSSR count). The van der Waals surface area contributed by atoms with Gasteiger partial charge in [-0.15, -0.1) is 0 Å². The smallest absolute Gasteiger partial charge is 0.223 e. The second-order valence-corrected chi connectivity index (χ2v) is 7.65. The average Bonchev–Trinajstić information content (AvgIpc) is 2.59. The van der Waals surface area contributed by atoms with E-state index in [1.54, 1.807) is 0 Å². The second-order valence-electron chi connectivity index (χ2n) is 7.65. The van der Waals surface area contributed by atoms with Gasteiger partial charge in [0.05, 0.1) is 11.4 Å². The highest BCUT2D eigenvalue weighted by atomic mass is 16.1. The topological polar surface area (TPSA) is 58.1 Å². The van der Waals surface area contributed by atoms with Gasteiger partial charge in [0.25, 0.3) is 0 Å². The van der Waals surface area contributed by atoms with E-state index < -0.39 is 0 Å². The van der Waals surface area contributed by atoms with Gasteiger partial charge in [-0.25, -0.2) is 4.98 Å². The molecule has 0 aromatic carbocycles. The van der Waals surface area contributed by atoms with Crippen LogP contribution >= 0.6 is 0 Å². The number of hydrogen-bond acceptors (Lipinski definition) is 4. The van der Waals surface area contributed by atoms with E-state index in [4.69, 9.17) is 0 Å². The Kier molecular flexibility index (Phi) is 5.36. The molecule has 1 aliphatic heterocycles. The minimum absolute atomic E-state index is 0.152. The zero-order chi connectivity index (χ0) is 17.1. The van der Waals surface area contributed by atoms with Crippen LogP contribution < -0.4 is 10.2 Å². The minimum atomic E-state index is 0.152. The summed E-state index contributed by atoms with van der Waals surface area (Å²) in [6.45, 7) is 8.06. The average molecular weight is 330 g/mol. The zero-order valence-electron chi connectivity index (χ0n) is 15.2. The van der Waals surface area contributed by atoms with Crippen LogP contribution in [0.3, 0.4) is 0 Å². The standard InChI is InChI=1S/C19H30N4O/c1-13-4-6-17(7-5-13)22-19(24)16-8-10-23(11-9-16)18-15(3)20-12-14(2)21-18/h12-13,16-17H,4-11H2,1-3H3,(H,22,24). The van der Waals surface area contributed by atoms with E-state index in [-0.39, 0.29) is 11.8 Å². The molecule has 1 amide bonds. The molecule has 1 aromatic heterocycles. The lowest BCUT2D eigenvalue weighted by molar-refractivity contribution is -0.126. The number of hydrogen-bond donors (Lipinski definition) is 1. The second kappa shape index (κ2) is 7.49. The molecular weight excluding hydrogens is 300 g/mol. The normalized spacial score (nSPS) is 25.5. The third kappa shape index (κ3) is 4.05. The van der Waals surface area contributed by atoms with Crippen LogP contribution in [0.1, 0.15) is 56.8 Å². The maximum absolute atomic E-state index is 12.6. The van der Waals surface area contributed by atoms with Gasteiger partial charge in [0.1, 0.15) is 5.82 Å². The highest BCUT2D eigenvalue weighted by molar-refractivity contribution is 5.79. The number of piperidine rings is 1. The number of aromatic nitrogens is 2. The van der Waals surface area contributed by atoms with Crippen molar-refractivity contribution in [1.29, 1.82) is 0 Å². The molecule has 0 unspecified atom stereocenters. The third-order valence-electron chi connectivity index (χ3n) is 5.58. The van der Waals surface area contributed by atoms with Crippen LogP contribution in [0.2, 0.25) is 0 Å². The Morgan fingerprint density at radius 1 is 1.12 bits per heavy atom. The lowest BCUT2D eigenvalue weighted by Gasteiger charge is -2.34. The number of carbonyl (C=O) groups excluding carboxylic acids is 1. The Morgan fingerprint density at radius 3 is 2.46 bits per heavy atom. The number of nitrogens with one attached hydrogen (secondary N) is 1. The Hall–Kier alpha value is -1.65. The van der Waals surface area contributed by atoms with Crippen molar-refractivity contribution in [3.05, 3.63) is 17.6 Å². The molecule has 0 bridgehead atoms. The molecule has 24 heavy (non-hydrogen) atoms. The zero-order valence-corrected chi connectivity index (χ0v) is 15.2. The van der Waals surface area contributed by atoms with Crippen molar-refractivity contribution >= 4 is 11.7 Å². The summed E-state index contributed by atoms with van der Waals surface area (Å²) >= 11 is 0. The van der Waals surface area contributed by atoms with Crippen molar-refractivity contribution in [3.8, 4) is 0 Å². The van der Waals surface area contributed by atoms with E-state index in [1.165, 1.54) is 12.8 Å². The number of aryl methyl sites for hydroxylation is 2. The van der Waals surface area contributed by atoms with Crippen LogP contribution in [-0.2, 0) is 4.79 Å². The summed E-state index contributed by atoms with van der Waals surface area (Å²) in [5.74, 6) is 2.22. The maximum atomic E-state index is 12.6. The number of nitrogens with zero attached hydrogens (tertiary/aromatic N) is 3. The molecule has 2 aliphatic rings. The summed E-state index contributed by atoms with van der Waals surface area (Å²) in [6, 6.07) is 0.400. The Morgan fingerprint density at radius 2 is 1.79 bits per heavy atom. The number of rotatable bonds is 3. The van der Waals surface area contributed by atoms with Gasteiger partial charge in [-0.1, -0.05) is 6.92 Å². The lowest BCUT2D eigenvalue weighted by atomic mass is 9.86. The van der Waals surface area contributed by atoms with E-state index in [0.29, 0.717) is 6.04 Å². The van der Waals surface area contributed by atoms with Gasteiger partial charge in [0.2, 0.25) is 5.91 Å². The fourth-order valence-corrected chi connectivity index (χ4v) is 3.90. The van der Waals surface area contributed by atoms with Crippen LogP contribution in [0.25, 0.3) is 0 Å². The monoisotopic (exact) mass is 330 g/mol. The van der Waals surface area contributed by atoms with Gasteiger partial charge >= 0.3 is 0 Å². The van der Waals surface area contributed by atoms with Gasteiger partial charge in [0.15, 0.2) is 0 Å². The first-order valence-electron chi connectivity index (χ1n) is 9.38. The van der Waals surface area contributed by atoms with Crippen molar-refractivity contribution in [1.82, 2.24) is 15.3 Å². The van der Waals surface area contributed by atoms with Crippen molar-refractivity contribution in [2.45, 2.75) is 65.3 Å². The molecule has 132 valence electrons. The molecule has 1 saturated heterocycles. The van der Waals surface area contributed by atoms with Crippen molar-refractivity contribution in [2.24, 2.45) is 11.8 Å². The molecule has 1 aromatic rings. The van der Waals surface area contributed by atoms with Crippen LogP contribution in [0.5, 0.6) is 0 Å². The van der Waals surface area contributed by atoms with Crippen LogP contribution in [0, 0.1) is 25.7 Å². The van der Waals surface area contributed by atoms with Crippen LogP contribution in [0.15, 0.2) is 6.20 Å². The van der Waals surface area contributed by atoms with Gasteiger partial charge < -0.3 is 10.2 Å². The SMILES string of the molecule is Cc1cnc(C)c(N2CCC(C(=O)NC3CCC(C)CC3)CC2)n1. The summed E-state index contributed by atoms with van der Waals surface area (Å²) in [5.41, 5.74) is 1.92. The molecule has 1 saturated carbocycles. The predicted molar refractivity (Wildman–Crippen MR) is 96.0 cm³/mol. The van der Waals surface area contributed by atoms with Gasteiger partial charge in [-0.05, 0) is 58.3 Å². The van der Waals surface area contributed by atoms with Crippen LogP contribution in [0.4, 0.5) is 5.82 Å². The van der Waals surface area contributed by atoms with E-state index in [9.17, 15) is 4.79 Å². The first kappa shape index (κ1) is 17.2. The highest BCUT2D eigenvalue weighted by Gasteiger charge is 2.28.